The molecule has 104 valence electrons. The van der Waals surface area contributed by atoms with Crippen molar-refractivity contribution < 1.29 is 9.90 Å². The number of carboxylic acid groups (broad SMARTS) is 1. The van der Waals surface area contributed by atoms with Crippen LogP contribution in [0, 0.1) is 0 Å². The van der Waals surface area contributed by atoms with Crippen molar-refractivity contribution in [2.24, 2.45) is 0 Å². The van der Waals surface area contributed by atoms with E-state index in [1.807, 2.05) is 18.2 Å². The van der Waals surface area contributed by atoms with Crippen LogP contribution >= 0.6 is 0 Å². The number of aromatic carboxylic acids is 1. The molecule has 0 unspecified atom stereocenters. The van der Waals surface area contributed by atoms with E-state index in [0.717, 1.165) is 11.3 Å². The van der Waals surface area contributed by atoms with Crippen molar-refractivity contribution in [1.82, 2.24) is 15.0 Å². The molecular formula is C15H12N4O2. The van der Waals surface area contributed by atoms with E-state index in [2.05, 4.69) is 10.3 Å². The first kappa shape index (κ1) is 12.9. The lowest BCUT2D eigenvalue weighted by molar-refractivity contribution is 0.0697. The van der Waals surface area contributed by atoms with Crippen molar-refractivity contribution in [3.05, 3.63) is 60.3 Å². The van der Waals surface area contributed by atoms with Gasteiger partial charge in [-0.25, -0.2) is 9.48 Å². The Kier molecular flexibility index (Phi) is 3.12. The minimum Gasteiger partial charge on any atom is -0.478 e. The zero-order valence-corrected chi connectivity index (χ0v) is 11.0. The number of nitrogens with two attached hydrogens (primary N) is 1. The van der Waals surface area contributed by atoms with E-state index in [1.54, 1.807) is 29.1 Å². The molecule has 0 bridgehead atoms. The number of hydrogen-bond acceptors (Lipinski definition) is 4. The first-order valence-electron chi connectivity index (χ1n) is 6.25. The zero-order valence-electron chi connectivity index (χ0n) is 11.0. The third-order valence-electron chi connectivity index (χ3n) is 3.05. The second kappa shape index (κ2) is 5.09. The Morgan fingerprint density at radius 1 is 1.14 bits per heavy atom. The summed E-state index contributed by atoms with van der Waals surface area (Å²) >= 11 is 0. The van der Waals surface area contributed by atoms with E-state index in [-0.39, 0.29) is 5.56 Å². The van der Waals surface area contributed by atoms with Crippen molar-refractivity contribution in [2.45, 2.75) is 0 Å². The second-order valence-corrected chi connectivity index (χ2v) is 4.53. The summed E-state index contributed by atoms with van der Waals surface area (Å²) in [5.74, 6) is -0.958. The van der Waals surface area contributed by atoms with E-state index in [0.29, 0.717) is 11.4 Å². The SMILES string of the molecule is Nc1cccc(-c2cn(-c3ccc(C(=O)O)cc3)nn2)c1. The van der Waals surface area contributed by atoms with Crippen LogP contribution in [0.15, 0.2) is 54.7 Å². The highest BCUT2D eigenvalue weighted by molar-refractivity contribution is 5.87. The van der Waals surface area contributed by atoms with Crippen molar-refractivity contribution in [2.75, 3.05) is 5.73 Å². The fourth-order valence-corrected chi connectivity index (χ4v) is 1.98. The minimum atomic E-state index is -0.958. The van der Waals surface area contributed by atoms with Gasteiger partial charge in [0.1, 0.15) is 5.69 Å². The van der Waals surface area contributed by atoms with Crippen LogP contribution < -0.4 is 5.73 Å². The van der Waals surface area contributed by atoms with Crippen LogP contribution in [-0.4, -0.2) is 26.1 Å². The highest BCUT2D eigenvalue weighted by Gasteiger charge is 2.07. The first-order valence-corrected chi connectivity index (χ1v) is 6.25. The van der Waals surface area contributed by atoms with Gasteiger partial charge in [0.15, 0.2) is 0 Å². The molecule has 0 saturated heterocycles. The number of rotatable bonds is 3. The Hall–Kier alpha value is -3.15. The van der Waals surface area contributed by atoms with E-state index in [1.165, 1.54) is 12.1 Å². The van der Waals surface area contributed by atoms with Crippen LogP contribution in [0.2, 0.25) is 0 Å². The summed E-state index contributed by atoms with van der Waals surface area (Å²) in [6.45, 7) is 0. The van der Waals surface area contributed by atoms with Gasteiger partial charge in [-0.15, -0.1) is 5.10 Å². The summed E-state index contributed by atoms with van der Waals surface area (Å²) in [4.78, 5) is 10.8. The maximum Gasteiger partial charge on any atom is 0.335 e. The number of carbonyl (C=O) groups is 1. The number of hydrogen-bond donors (Lipinski definition) is 2. The highest BCUT2D eigenvalue weighted by Crippen LogP contribution is 2.20. The summed E-state index contributed by atoms with van der Waals surface area (Å²) in [6, 6.07) is 13.8. The van der Waals surface area contributed by atoms with E-state index < -0.39 is 5.97 Å². The Labute approximate surface area is 120 Å². The average Bonchev–Trinajstić information content (AvgIpc) is 2.97. The molecule has 0 aliphatic carbocycles. The average molecular weight is 280 g/mol. The second-order valence-electron chi connectivity index (χ2n) is 4.53. The molecule has 6 nitrogen and oxygen atoms in total. The molecule has 0 saturated carbocycles. The molecule has 0 aliphatic rings. The molecule has 6 heteroatoms. The molecule has 21 heavy (non-hydrogen) atoms. The number of anilines is 1. The van der Waals surface area contributed by atoms with Crippen molar-refractivity contribution in [1.29, 1.82) is 0 Å². The highest BCUT2D eigenvalue weighted by atomic mass is 16.4. The van der Waals surface area contributed by atoms with Crippen LogP contribution in [-0.2, 0) is 0 Å². The number of nitrogen functional groups attached to an aromatic ring is 1. The van der Waals surface area contributed by atoms with Crippen LogP contribution in [0.5, 0.6) is 0 Å². The Balaban J connectivity index is 1.93. The van der Waals surface area contributed by atoms with Gasteiger partial charge in [-0.3, -0.25) is 0 Å². The van der Waals surface area contributed by atoms with Gasteiger partial charge in [-0.1, -0.05) is 17.3 Å². The van der Waals surface area contributed by atoms with Gasteiger partial charge in [-0.05, 0) is 36.4 Å². The molecule has 0 atom stereocenters. The van der Waals surface area contributed by atoms with Gasteiger partial charge in [0.25, 0.3) is 0 Å². The molecule has 0 radical (unpaired) electrons. The Morgan fingerprint density at radius 3 is 2.57 bits per heavy atom. The third kappa shape index (κ3) is 2.59. The van der Waals surface area contributed by atoms with Crippen LogP contribution in [0.1, 0.15) is 10.4 Å². The number of aromatic nitrogens is 3. The smallest absolute Gasteiger partial charge is 0.335 e. The number of carboxylic acids is 1. The van der Waals surface area contributed by atoms with Crippen molar-refractivity contribution in [3.8, 4) is 16.9 Å². The predicted octanol–water partition coefficient (Wildman–Crippen LogP) is 2.21. The monoisotopic (exact) mass is 280 g/mol. The Bertz CT molecular complexity index is 793. The minimum absolute atomic E-state index is 0.231. The third-order valence-corrected chi connectivity index (χ3v) is 3.05. The Morgan fingerprint density at radius 2 is 1.90 bits per heavy atom. The first-order chi connectivity index (χ1) is 10.1. The van der Waals surface area contributed by atoms with Gasteiger partial charge in [-0.2, -0.15) is 0 Å². The number of benzene rings is 2. The van der Waals surface area contributed by atoms with Crippen LogP contribution in [0.25, 0.3) is 16.9 Å². The molecule has 0 amide bonds. The van der Waals surface area contributed by atoms with Gasteiger partial charge in [0.05, 0.1) is 17.4 Å². The van der Waals surface area contributed by atoms with E-state index >= 15 is 0 Å². The summed E-state index contributed by atoms with van der Waals surface area (Å²) < 4.78 is 1.59. The lowest BCUT2D eigenvalue weighted by Crippen LogP contribution is -1.98. The zero-order chi connectivity index (χ0) is 14.8. The molecule has 3 rings (SSSR count). The topological polar surface area (TPSA) is 94.0 Å². The summed E-state index contributed by atoms with van der Waals surface area (Å²) in [6.07, 6.45) is 1.77. The molecule has 3 N–H and O–H groups in total. The van der Waals surface area contributed by atoms with Gasteiger partial charge in [0.2, 0.25) is 0 Å². The summed E-state index contributed by atoms with van der Waals surface area (Å²) in [5, 5.41) is 17.0. The van der Waals surface area contributed by atoms with Crippen molar-refractivity contribution in [3.63, 3.8) is 0 Å². The standard InChI is InChI=1S/C15H12N4O2/c16-12-3-1-2-11(8-12)14-9-19(18-17-14)13-6-4-10(5-7-13)15(20)21/h1-9H,16H2,(H,20,21). The molecule has 1 aromatic heterocycles. The van der Waals surface area contributed by atoms with Crippen LogP contribution in [0.3, 0.4) is 0 Å². The van der Waals surface area contributed by atoms with Gasteiger partial charge in [0, 0.05) is 11.3 Å². The molecule has 0 spiro atoms. The largest absolute Gasteiger partial charge is 0.478 e. The molecule has 2 aromatic carbocycles. The predicted molar refractivity (Wildman–Crippen MR) is 78.2 cm³/mol. The number of nitrogens with zero attached hydrogens (tertiary/aromatic N) is 3. The van der Waals surface area contributed by atoms with Crippen molar-refractivity contribution >= 4 is 11.7 Å². The molecular weight excluding hydrogens is 268 g/mol. The fraction of sp³-hybridized carbons (Fsp3) is 0. The van der Waals surface area contributed by atoms with Crippen LogP contribution in [0.4, 0.5) is 5.69 Å². The molecule has 3 aromatic rings. The summed E-state index contributed by atoms with van der Waals surface area (Å²) in [5.41, 5.74) is 8.96. The lowest BCUT2D eigenvalue weighted by atomic mass is 10.1. The molecule has 0 fully saturated rings. The lowest BCUT2D eigenvalue weighted by Gasteiger charge is -2.00. The van der Waals surface area contributed by atoms with E-state index in [4.69, 9.17) is 10.8 Å². The normalized spacial score (nSPS) is 10.5. The van der Waals surface area contributed by atoms with Gasteiger partial charge < -0.3 is 10.8 Å². The molecule has 0 aliphatic heterocycles. The van der Waals surface area contributed by atoms with E-state index in [9.17, 15) is 4.79 Å². The summed E-state index contributed by atoms with van der Waals surface area (Å²) in [7, 11) is 0. The quantitative estimate of drug-likeness (QED) is 0.717. The fourth-order valence-electron chi connectivity index (χ4n) is 1.98. The molecule has 1 heterocycles. The maximum absolute atomic E-state index is 10.8. The maximum atomic E-state index is 10.8. The van der Waals surface area contributed by atoms with Gasteiger partial charge >= 0.3 is 5.97 Å².